The van der Waals surface area contributed by atoms with Gasteiger partial charge in [-0.15, -0.1) is 0 Å². The fraction of sp³-hybridized carbons (Fsp3) is 0.538. The molecule has 3 aliphatic carbocycles. The van der Waals surface area contributed by atoms with Gasteiger partial charge in [0.1, 0.15) is 0 Å². The van der Waals surface area contributed by atoms with Crippen molar-refractivity contribution in [3.8, 4) is 0 Å². The first-order valence-electron chi connectivity index (χ1n) is 12.6. The number of rotatable bonds is 10. The smallest absolute Gasteiger partial charge is 0.257 e. The van der Waals surface area contributed by atoms with Crippen LogP contribution in [0.1, 0.15) is 68.4 Å². The Morgan fingerprint density at radius 3 is 2.54 bits per heavy atom. The van der Waals surface area contributed by atoms with Crippen LogP contribution >= 0.6 is 0 Å². The molecular formula is C26H33N3O5S. The molecule has 35 heavy (non-hydrogen) atoms. The van der Waals surface area contributed by atoms with Gasteiger partial charge in [-0.05, 0) is 73.6 Å². The van der Waals surface area contributed by atoms with Crippen LogP contribution in [0.5, 0.6) is 0 Å². The number of benzene rings is 1. The molecule has 1 aromatic heterocycles. The molecule has 3 fully saturated rings. The van der Waals surface area contributed by atoms with E-state index in [1.807, 2.05) is 12.1 Å². The minimum Gasteiger partial charge on any atom is -0.394 e. The van der Waals surface area contributed by atoms with Crippen molar-refractivity contribution < 1.29 is 23.4 Å². The highest BCUT2D eigenvalue weighted by Gasteiger charge is 2.40. The second-order valence-electron chi connectivity index (χ2n) is 10.1. The van der Waals surface area contributed by atoms with E-state index in [0.29, 0.717) is 22.2 Å². The van der Waals surface area contributed by atoms with E-state index in [4.69, 9.17) is 5.11 Å². The molecular weight excluding hydrogens is 466 g/mol. The molecule has 0 spiro atoms. The maximum Gasteiger partial charge on any atom is 0.257 e. The van der Waals surface area contributed by atoms with Crippen LogP contribution in [0.15, 0.2) is 41.4 Å². The van der Waals surface area contributed by atoms with Crippen molar-refractivity contribution in [3.63, 3.8) is 0 Å². The van der Waals surface area contributed by atoms with E-state index in [9.17, 15) is 18.3 Å². The Balaban J connectivity index is 1.44. The summed E-state index contributed by atoms with van der Waals surface area (Å²) in [5.74, 6) is 0.618. The summed E-state index contributed by atoms with van der Waals surface area (Å²) in [6.45, 7) is -0.246. The average molecular weight is 500 g/mol. The number of allylic oxidation sites excluding steroid dienone is 1. The van der Waals surface area contributed by atoms with Gasteiger partial charge in [0.05, 0.1) is 29.4 Å². The van der Waals surface area contributed by atoms with E-state index in [2.05, 4.69) is 10.4 Å². The minimum absolute atomic E-state index is 0.124. The van der Waals surface area contributed by atoms with Gasteiger partial charge in [0.15, 0.2) is 15.7 Å². The molecule has 188 valence electrons. The normalized spacial score (nSPS) is 20.2. The monoisotopic (exact) mass is 499 g/mol. The molecule has 1 atom stereocenters. The molecule has 0 bridgehead atoms. The van der Waals surface area contributed by atoms with Crippen molar-refractivity contribution in [2.24, 2.45) is 5.92 Å². The molecule has 0 radical (unpaired) electrons. The SMILES string of the molecule is O=C(Nc1ccn(C[C@@H](O)CO)n1)/C(=C/C1CCCC1)c1ccc(S(=O)(=O)C2CC2)c(C2CC2)c1. The summed E-state index contributed by atoms with van der Waals surface area (Å²) in [7, 11) is -3.32. The Morgan fingerprint density at radius 1 is 1.14 bits per heavy atom. The lowest BCUT2D eigenvalue weighted by atomic mass is 9.96. The predicted molar refractivity (Wildman–Crippen MR) is 133 cm³/mol. The molecule has 9 heteroatoms. The standard InChI is InChI=1S/C26H33N3O5S/c30-16-20(31)15-29-12-11-25(28-29)27-26(32)23(13-17-3-1-2-4-17)19-7-10-24(22(14-19)18-5-6-18)35(33,34)21-8-9-21/h7,10-14,17-18,20-21,30-31H,1-6,8-9,15-16H2,(H,27,28,32)/b23-13+/t20-/m1/s1. The molecule has 1 aromatic carbocycles. The Hall–Kier alpha value is -2.49. The van der Waals surface area contributed by atoms with E-state index in [-0.39, 0.29) is 30.2 Å². The maximum absolute atomic E-state index is 13.4. The van der Waals surface area contributed by atoms with E-state index < -0.39 is 15.9 Å². The van der Waals surface area contributed by atoms with Gasteiger partial charge >= 0.3 is 0 Å². The number of aliphatic hydroxyl groups is 2. The first kappa shape index (κ1) is 24.2. The highest BCUT2D eigenvalue weighted by molar-refractivity contribution is 7.92. The molecule has 0 aliphatic heterocycles. The third kappa shape index (κ3) is 5.52. The Kier molecular flexibility index (Phi) is 6.83. The largest absolute Gasteiger partial charge is 0.394 e. The van der Waals surface area contributed by atoms with Crippen molar-refractivity contribution in [2.45, 2.75) is 80.1 Å². The first-order chi connectivity index (χ1) is 16.8. The van der Waals surface area contributed by atoms with Gasteiger partial charge in [-0.1, -0.05) is 25.0 Å². The number of hydrogen-bond donors (Lipinski definition) is 3. The zero-order valence-electron chi connectivity index (χ0n) is 19.8. The van der Waals surface area contributed by atoms with E-state index >= 15 is 0 Å². The molecule has 3 saturated carbocycles. The van der Waals surface area contributed by atoms with Gasteiger partial charge < -0.3 is 15.5 Å². The summed E-state index contributed by atoms with van der Waals surface area (Å²) < 4.78 is 27.6. The van der Waals surface area contributed by atoms with Gasteiger partial charge in [0, 0.05) is 17.8 Å². The number of aromatic nitrogens is 2. The van der Waals surface area contributed by atoms with Crippen LogP contribution < -0.4 is 5.32 Å². The van der Waals surface area contributed by atoms with E-state index in [0.717, 1.165) is 62.5 Å². The zero-order chi connectivity index (χ0) is 24.6. The molecule has 3 N–H and O–H groups in total. The second kappa shape index (κ2) is 9.87. The van der Waals surface area contributed by atoms with Crippen molar-refractivity contribution >= 4 is 27.1 Å². The third-order valence-electron chi connectivity index (χ3n) is 7.15. The summed E-state index contributed by atoms with van der Waals surface area (Å²) in [4.78, 5) is 13.9. The van der Waals surface area contributed by atoms with Gasteiger partial charge in [-0.3, -0.25) is 9.48 Å². The molecule has 2 aromatic rings. The Morgan fingerprint density at radius 2 is 1.89 bits per heavy atom. The highest BCUT2D eigenvalue weighted by atomic mass is 32.2. The van der Waals surface area contributed by atoms with Gasteiger partial charge in [-0.2, -0.15) is 5.10 Å². The molecule has 3 aliphatic rings. The predicted octanol–water partition coefficient (Wildman–Crippen LogP) is 3.26. The number of anilines is 1. The van der Waals surface area contributed by atoms with Gasteiger partial charge in [-0.25, -0.2) is 8.42 Å². The van der Waals surface area contributed by atoms with Crippen LogP contribution in [0, 0.1) is 5.92 Å². The summed E-state index contributed by atoms with van der Waals surface area (Å²) in [6.07, 6.45) is 10.5. The lowest BCUT2D eigenvalue weighted by Crippen LogP contribution is -2.20. The molecule has 0 unspecified atom stereocenters. The van der Waals surface area contributed by atoms with Crippen molar-refractivity contribution in [1.29, 1.82) is 0 Å². The Labute approximate surface area is 206 Å². The van der Waals surface area contributed by atoms with Crippen LogP contribution in [0.25, 0.3) is 5.57 Å². The van der Waals surface area contributed by atoms with E-state index in [1.54, 1.807) is 24.4 Å². The van der Waals surface area contributed by atoms with Gasteiger partial charge in [0.25, 0.3) is 5.91 Å². The highest BCUT2D eigenvalue weighted by Crippen LogP contribution is 2.46. The third-order valence-corrected chi connectivity index (χ3v) is 9.48. The van der Waals surface area contributed by atoms with Crippen LogP contribution in [-0.2, 0) is 21.2 Å². The number of amides is 1. The second-order valence-corrected chi connectivity index (χ2v) is 12.3. The number of nitrogens with one attached hydrogen (secondary N) is 1. The quantitative estimate of drug-likeness (QED) is 0.432. The number of nitrogens with zero attached hydrogens (tertiary/aromatic N) is 2. The van der Waals surface area contributed by atoms with Gasteiger partial charge in [0.2, 0.25) is 0 Å². The summed E-state index contributed by atoms with van der Waals surface area (Å²) in [5, 5.41) is 25.6. The fourth-order valence-electron chi connectivity index (χ4n) is 4.90. The van der Waals surface area contributed by atoms with Crippen molar-refractivity contribution in [1.82, 2.24) is 9.78 Å². The topological polar surface area (TPSA) is 122 Å². The number of hydrogen-bond acceptors (Lipinski definition) is 6. The van der Waals surface area contributed by atoms with Crippen LogP contribution in [0.3, 0.4) is 0 Å². The maximum atomic E-state index is 13.4. The Bertz CT molecular complexity index is 1220. The van der Waals surface area contributed by atoms with E-state index in [1.165, 1.54) is 4.68 Å². The number of carbonyl (C=O) groups excluding carboxylic acids is 1. The number of carbonyl (C=O) groups is 1. The molecule has 5 rings (SSSR count). The summed E-state index contributed by atoms with van der Waals surface area (Å²) in [5.41, 5.74) is 2.13. The fourth-order valence-corrected chi connectivity index (χ4v) is 6.82. The first-order valence-corrected chi connectivity index (χ1v) is 14.1. The lowest BCUT2D eigenvalue weighted by Gasteiger charge is -2.15. The molecule has 8 nitrogen and oxygen atoms in total. The summed E-state index contributed by atoms with van der Waals surface area (Å²) >= 11 is 0. The lowest BCUT2D eigenvalue weighted by molar-refractivity contribution is -0.111. The molecule has 0 saturated heterocycles. The van der Waals surface area contributed by atoms with Crippen LogP contribution in [0.4, 0.5) is 5.82 Å². The molecule has 1 heterocycles. The van der Waals surface area contributed by atoms with Crippen LogP contribution in [-0.4, -0.2) is 52.3 Å². The van der Waals surface area contributed by atoms with Crippen LogP contribution in [0.2, 0.25) is 0 Å². The average Bonchev–Trinajstić information content (AvgIpc) is 3.77. The minimum atomic E-state index is -3.32. The number of aliphatic hydroxyl groups excluding tert-OH is 2. The van der Waals surface area contributed by atoms with Crippen molar-refractivity contribution in [2.75, 3.05) is 11.9 Å². The summed E-state index contributed by atoms with van der Waals surface area (Å²) in [6, 6.07) is 7.05. The molecule has 1 amide bonds. The number of sulfone groups is 1. The zero-order valence-corrected chi connectivity index (χ0v) is 20.6. The van der Waals surface area contributed by atoms with Crippen molar-refractivity contribution in [3.05, 3.63) is 47.7 Å².